The zero-order chi connectivity index (χ0) is 23.4. The number of amides is 1. The lowest BCUT2D eigenvalue weighted by molar-refractivity contribution is -0.113. The molecule has 0 aliphatic carbocycles. The number of para-hydroxylation sites is 2. The first kappa shape index (κ1) is 23.0. The molecule has 33 heavy (non-hydrogen) atoms. The van der Waals surface area contributed by atoms with E-state index in [1.54, 1.807) is 24.3 Å². The molecule has 168 valence electrons. The van der Waals surface area contributed by atoms with Gasteiger partial charge in [0.05, 0.1) is 17.1 Å². The Morgan fingerprint density at radius 3 is 2.45 bits per heavy atom. The zero-order valence-electron chi connectivity index (χ0n) is 18.1. The summed E-state index contributed by atoms with van der Waals surface area (Å²) < 4.78 is 15.8. The molecule has 8 heteroatoms. The molecule has 0 aliphatic rings. The van der Waals surface area contributed by atoms with Crippen molar-refractivity contribution < 1.29 is 9.18 Å². The predicted molar refractivity (Wildman–Crippen MR) is 132 cm³/mol. The van der Waals surface area contributed by atoms with Gasteiger partial charge in [-0.1, -0.05) is 67.5 Å². The van der Waals surface area contributed by atoms with Crippen LogP contribution in [0.3, 0.4) is 0 Å². The Morgan fingerprint density at radius 1 is 1.03 bits per heavy atom. The quantitative estimate of drug-likeness (QED) is 0.303. The fourth-order valence-corrected chi connectivity index (χ4v) is 4.30. The van der Waals surface area contributed by atoms with E-state index in [-0.39, 0.29) is 23.3 Å². The molecule has 0 aliphatic heterocycles. The van der Waals surface area contributed by atoms with Crippen molar-refractivity contribution in [2.75, 3.05) is 11.1 Å². The molecule has 0 saturated carbocycles. The van der Waals surface area contributed by atoms with Gasteiger partial charge in [0, 0.05) is 10.6 Å². The Balaban J connectivity index is 1.68. The Morgan fingerprint density at radius 2 is 1.73 bits per heavy atom. The lowest BCUT2D eigenvalue weighted by Gasteiger charge is -2.17. The number of anilines is 1. The highest BCUT2D eigenvalue weighted by molar-refractivity contribution is 7.99. The van der Waals surface area contributed by atoms with Crippen LogP contribution < -0.4 is 5.32 Å². The largest absolute Gasteiger partial charge is 0.323 e. The van der Waals surface area contributed by atoms with Crippen LogP contribution in [0.4, 0.5) is 10.1 Å². The van der Waals surface area contributed by atoms with Crippen molar-refractivity contribution in [3.05, 3.63) is 89.2 Å². The summed E-state index contributed by atoms with van der Waals surface area (Å²) in [4.78, 5) is 12.5. The molecule has 1 amide bonds. The van der Waals surface area contributed by atoms with E-state index < -0.39 is 5.82 Å². The van der Waals surface area contributed by atoms with Crippen molar-refractivity contribution in [2.45, 2.75) is 24.9 Å². The van der Waals surface area contributed by atoms with E-state index in [2.05, 4.69) is 35.4 Å². The highest BCUT2D eigenvalue weighted by Crippen LogP contribution is 2.32. The molecule has 3 aromatic carbocycles. The lowest BCUT2D eigenvalue weighted by Crippen LogP contribution is -2.15. The zero-order valence-corrected chi connectivity index (χ0v) is 19.7. The van der Waals surface area contributed by atoms with Gasteiger partial charge in [0.25, 0.3) is 0 Å². The molecule has 1 N–H and O–H groups in total. The van der Waals surface area contributed by atoms with E-state index in [4.69, 9.17) is 11.6 Å². The second kappa shape index (κ2) is 10.2. The van der Waals surface area contributed by atoms with Crippen molar-refractivity contribution >= 4 is 35.0 Å². The molecular formula is C25H22ClFN4OS. The van der Waals surface area contributed by atoms with Gasteiger partial charge in [-0.15, -0.1) is 10.2 Å². The van der Waals surface area contributed by atoms with Crippen molar-refractivity contribution in [3.8, 4) is 17.1 Å². The summed E-state index contributed by atoms with van der Waals surface area (Å²) in [6.07, 6.45) is 0. The fourth-order valence-electron chi connectivity index (χ4n) is 3.42. The number of hydrogen-bond acceptors (Lipinski definition) is 4. The van der Waals surface area contributed by atoms with E-state index in [9.17, 15) is 9.18 Å². The highest BCUT2D eigenvalue weighted by Gasteiger charge is 2.20. The predicted octanol–water partition coefficient (Wildman–Crippen LogP) is 6.58. The SMILES string of the molecule is CC(C)c1ccccc1-n1c(SCC(=O)Nc2ccccc2F)nnc1-c1ccc(Cl)cc1. The number of carbonyl (C=O) groups excluding carboxylic acids is 1. The number of benzene rings is 3. The van der Waals surface area contributed by atoms with E-state index in [1.807, 2.05) is 34.9 Å². The topological polar surface area (TPSA) is 59.8 Å². The third-order valence-electron chi connectivity index (χ3n) is 5.02. The molecule has 0 atom stereocenters. The average Bonchev–Trinajstić information content (AvgIpc) is 3.23. The molecule has 0 bridgehead atoms. The minimum Gasteiger partial charge on any atom is -0.323 e. The number of nitrogens with one attached hydrogen (secondary N) is 1. The van der Waals surface area contributed by atoms with E-state index in [0.717, 1.165) is 16.8 Å². The summed E-state index contributed by atoms with van der Waals surface area (Å²) in [5.74, 6) is 0.164. The molecular weight excluding hydrogens is 459 g/mol. The van der Waals surface area contributed by atoms with E-state index >= 15 is 0 Å². The summed E-state index contributed by atoms with van der Waals surface area (Å²) >= 11 is 7.31. The molecule has 4 rings (SSSR count). The smallest absolute Gasteiger partial charge is 0.234 e. The van der Waals surface area contributed by atoms with E-state index in [1.165, 1.54) is 23.9 Å². The lowest BCUT2D eigenvalue weighted by atomic mass is 10.0. The molecule has 0 saturated heterocycles. The van der Waals surface area contributed by atoms with Crippen LogP contribution in [0.1, 0.15) is 25.3 Å². The first-order chi connectivity index (χ1) is 15.9. The van der Waals surface area contributed by atoms with Crippen LogP contribution in [-0.4, -0.2) is 26.4 Å². The van der Waals surface area contributed by atoms with Crippen LogP contribution in [0.2, 0.25) is 5.02 Å². The third kappa shape index (κ3) is 5.26. The summed E-state index contributed by atoms with van der Waals surface area (Å²) in [6.45, 7) is 4.25. The Labute approximate surface area is 201 Å². The van der Waals surface area contributed by atoms with Gasteiger partial charge in [-0.3, -0.25) is 9.36 Å². The summed E-state index contributed by atoms with van der Waals surface area (Å²) in [7, 11) is 0. The Kier molecular flexibility index (Phi) is 7.11. The second-order valence-corrected chi connectivity index (χ2v) is 9.06. The van der Waals surface area contributed by atoms with Crippen molar-refractivity contribution in [1.82, 2.24) is 14.8 Å². The Bertz CT molecular complexity index is 1270. The summed E-state index contributed by atoms with van der Waals surface area (Å²) in [5.41, 5.74) is 3.08. The maximum atomic E-state index is 13.9. The van der Waals surface area contributed by atoms with Gasteiger partial charge in [0.15, 0.2) is 11.0 Å². The van der Waals surface area contributed by atoms with Crippen molar-refractivity contribution in [2.24, 2.45) is 0 Å². The van der Waals surface area contributed by atoms with Crippen LogP contribution in [-0.2, 0) is 4.79 Å². The van der Waals surface area contributed by atoms with Gasteiger partial charge in [0.2, 0.25) is 5.91 Å². The van der Waals surface area contributed by atoms with Gasteiger partial charge in [-0.05, 0) is 53.9 Å². The third-order valence-corrected chi connectivity index (χ3v) is 6.20. The first-order valence-corrected chi connectivity index (χ1v) is 11.8. The van der Waals surface area contributed by atoms with Crippen LogP contribution >= 0.6 is 23.4 Å². The normalized spacial score (nSPS) is 11.1. The first-order valence-electron chi connectivity index (χ1n) is 10.4. The number of aromatic nitrogens is 3. The molecule has 0 spiro atoms. The van der Waals surface area contributed by atoms with Crippen molar-refractivity contribution in [1.29, 1.82) is 0 Å². The number of halogens is 2. The van der Waals surface area contributed by atoms with Gasteiger partial charge in [-0.25, -0.2) is 4.39 Å². The molecule has 1 heterocycles. The molecule has 0 fully saturated rings. The van der Waals surface area contributed by atoms with Gasteiger partial charge in [-0.2, -0.15) is 0 Å². The monoisotopic (exact) mass is 480 g/mol. The van der Waals surface area contributed by atoms with Gasteiger partial charge < -0.3 is 5.32 Å². The van der Waals surface area contributed by atoms with Gasteiger partial charge in [0.1, 0.15) is 5.82 Å². The summed E-state index contributed by atoms with van der Waals surface area (Å²) in [5, 5.41) is 12.6. The average molecular weight is 481 g/mol. The standard InChI is InChI=1S/C25H22ClFN4OS/c1-16(2)19-7-3-6-10-22(19)31-24(17-11-13-18(26)14-12-17)29-30-25(31)33-15-23(32)28-21-9-5-4-8-20(21)27/h3-14,16H,15H2,1-2H3,(H,28,32). The minimum atomic E-state index is -0.477. The van der Waals surface area contributed by atoms with Crippen LogP contribution in [0.25, 0.3) is 17.1 Å². The maximum absolute atomic E-state index is 13.9. The molecule has 0 unspecified atom stereocenters. The van der Waals surface area contributed by atoms with Gasteiger partial charge >= 0.3 is 0 Å². The number of carbonyl (C=O) groups is 1. The highest BCUT2D eigenvalue weighted by atomic mass is 35.5. The van der Waals surface area contributed by atoms with E-state index in [0.29, 0.717) is 16.0 Å². The number of nitrogens with zero attached hydrogens (tertiary/aromatic N) is 3. The van der Waals surface area contributed by atoms with Crippen LogP contribution in [0.15, 0.2) is 78.0 Å². The molecule has 5 nitrogen and oxygen atoms in total. The number of rotatable bonds is 7. The minimum absolute atomic E-state index is 0.0525. The fraction of sp³-hybridized carbons (Fsp3) is 0.160. The summed E-state index contributed by atoms with van der Waals surface area (Å²) in [6, 6.07) is 21.5. The van der Waals surface area contributed by atoms with Crippen LogP contribution in [0, 0.1) is 5.82 Å². The number of thioether (sulfide) groups is 1. The maximum Gasteiger partial charge on any atom is 0.234 e. The van der Waals surface area contributed by atoms with Crippen LogP contribution in [0.5, 0.6) is 0 Å². The molecule has 1 aromatic heterocycles. The van der Waals surface area contributed by atoms with Crippen molar-refractivity contribution in [3.63, 3.8) is 0 Å². The molecule has 4 aromatic rings. The second-order valence-electron chi connectivity index (χ2n) is 7.68. The number of hydrogen-bond donors (Lipinski definition) is 1. The molecule has 0 radical (unpaired) electrons. The Hall–Kier alpha value is -3.16.